The molecule has 0 bridgehead atoms. The van der Waals surface area contributed by atoms with E-state index in [0.717, 1.165) is 29.7 Å². The third-order valence-corrected chi connectivity index (χ3v) is 6.44. The zero-order valence-electron chi connectivity index (χ0n) is 14.1. The first kappa shape index (κ1) is 17.6. The summed E-state index contributed by atoms with van der Waals surface area (Å²) in [6.45, 7) is 2.32. The zero-order chi connectivity index (χ0) is 18.4. The van der Waals surface area contributed by atoms with Crippen molar-refractivity contribution in [1.82, 2.24) is 0 Å². The number of anilines is 1. The average molecular weight is 394 g/mol. The summed E-state index contributed by atoms with van der Waals surface area (Å²) in [6.07, 6.45) is 2.58. The van der Waals surface area contributed by atoms with E-state index in [4.69, 9.17) is 16.3 Å². The lowest BCUT2D eigenvalue weighted by molar-refractivity contribution is 0.0766. The molecule has 2 aromatic rings. The standard InChI is InChI=1S/C19H17ClFNO3S/c1-9-14-13(8-25-9)26-19(16(14)17(23)10-4-2-5-10)22-18(24)15-11(20)6-3-7-12(15)21/h3,6-7,9-10H,2,4-5,8H2,1H3,(H,22,24). The van der Waals surface area contributed by atoms with E-state index in [2.05, 4.69) is 5.32 Å². The minimum atomic E-state index is -0.692. The van der Waals surface area contributed by atoms with Crippen LogP contribution in [0.4, 0.5) is 9.39 Å². The average Bonchev–Trinajstić information content (AvgIpc) is 3.05. The van der Waals surface area contributed by atoms with Gasteiger partial charge in [0, 0.05) is 16.4 Å². The Morgan fingerprint density at radius 2 is 2.08 bits per heavy atom. The molecule has 1 aliphatic heterocycles. The molecule has 1 aromatic carbocycles. The topological polar surface area (TPSA) is 55.4 Å². The van der Waals surface area contributed by atoms with Crippen LogP contribution < -0.4 is 5.32 Å². The molecule has 1 fully saturated rings. The molecule has 2 aliphatic rings. The Labute approximate surface area is 159 Å². The third kappa shape index (κ3) is 2.86. The van der Waals surface area contributed by atoms with Gasteiger partial charge in [-0.2, -0.15) is 0 Å². The molecule has 1 N–H and O–H groups in total. The summed E-state index contributed by atoms with van der Waals surface area (Å²) >= 11 is 7.31. The summed E-state index contributed by atoms with van der Waals surface area (Å²) in [4.78, 5) is 26.5. The number of rotatable bonds is 4. The largest absolute Gasteiger partial charge is 0.368 e. The molecule has 1 amide bonds. The monoisotopic (exact) mass is 393 g/mol. The van der Waals surface area contributed by atoms with E-state index < -0.39 is 11.7 Å². The predicted molar refractivity (Wildman–Crippen MR) is 98.6 cm³/mol. The van der Waals surface area contributed by atoms with Crippen LogP contribution in [-0.4, -0.2) is 11.7 Å². The van der Waals surface area contributed by atoms with Crippen molar-refractivity contribution < 1.29 is 18.7 Å². The number of halogens is 2. The number of hydrogen-bond acceptors (Lipinski definition) is 4. The maximum absolute atomic E-state index is 14.0. The van der Waals surface area contributed by atoms with Gasteiger partial charge in [-0.15, -0.1) is 11.3 Å². The number of benzene rings is 1. The van der Waals surface area contributed by atoms with Crippen molar-refractivity contribution in [3.8, 4) is 0 Å². The molecule has 4 rings (SSSR count). The minimum Gasteiger partial charge on any atom is -0.368 e. The summed E-state index contributed by atoms with van der Waals surface area (Å²) in [7, 11) is 0. The Hall–Kier alpha value is -1.76. The van der Waals surface area contributed by atoms with Crippen molar-refractivity contribution in [3.05, 3.63) is 50.6 Å². The summed E-state index contributed by atoms with van der Waals surface area (Å²) in [5.41, 5.74) is 1.18. The summed E-state index contributed by atoms with van der Waals surface area (Å²) in [5.74, 6) is -1.30. The van der Waals surface area contributed by atoms with E-state index >= 15 is 0 Å². The van der Waals surface area contributed by atoms with Gasteiger partial charge < -0.3 is 10.1 Å². The Morgan fingerprint density at radius 1 is 1.31 bits per heavy atom. The lowest BCUT2D eigenvalue weighted by Gasteiger charge is -2.25. The van der Waals surface area contributed by atoms with E-state index in [0.29, 0.717) is 17.2 Å². The number of carbonyl (C=O) groups is 2. The van der Waals surface area contributed by atoms with E-state index in [1.807, 2.05) is 6.92 Å². The van der Waals surface area contributed by atoms with Crippen molar-refractivity contribution in [3.63, 3.8) is 0 Å². The fourth-order valence-electron chi connectivity index (χ4n) is 3.40. The van der Waals surface area contributed by atoms with Gasteiger partial charge in [-0.3, -0.25) is 9.59 Å². The number of Topliss-reactive ketones (excluding diaryl/α,β-unsaturated/α-hetero) is 1. The molecular formula is C19H17ClFNO3S. The molecule has 1 aliphatic carbocycles. The van der Waals surface area contributed by atoms with Crippen molar-refractivity contribution in [2.24, 2.45) is 5.92 Å². The predicted octanol–water partition coefficient (Wildman–Crippen LogP) is 5.37. The van der Waals surface area contributed by atoms with Gasteiger partial charge in [0.05, 0.1) is 28.9 Å². The quantitative estimate of drug-likeness (QED) is 0.711. The van der Waals surface area contributed by atoms with Gasteiger partial charge in [-0.05, 0) is 31.9 Å². The van der Waals surface area contributed by atoms with Gasteiger partial charge in [-0.25, -0.2) is 4.39 Å². The highest BCUT2D eigenvalue weighted by atomic mass is 35.5. The fourth-order valence-corrected chi connectivity index (χ4v) is 4.86. The molecule has 2 heterocycles. The summed E-state index contributed by atoms with van der Waals surface area (Å²) < 4.78 is 19.7. The number of ether oxygens (including phenoxy) is 1. The molecule has 1 saturated carbocycles. The van der Waals surface area contributed by atoms with Crippen LogP contribution in [0.1, 0.15) is 63.4 Å². The summed E-state index contributed by atoms with van der Waals surface area (Å²) in [5, 5.41) is 3.22. The highest BCUT2D eigenvalue weighted by Gasteiger charge is 2.37. The second-order valence-electron chi connectivity index (χ2n) is 6.64. The highest BCUT2D eigenvalue weighted by Crippen LogP contribution is 2.46. The molecule has 136 valence electrons. The first-order chi connectivity index (χ1) is 12.5. The molecule has 1 aromatic heterocycles. The molecule has 1 atom stereocenters. The maximum atomic E-state index is 14.0. The van der Waals surface area contributed by atoms with Gasteiger partial charge >= 0.3 is 0 Å². The van der Waals surface area contributed by atoms with Crippen LogP contribution in [-0.2, 0) is 11.3 Å². The molecule has 0 saturated heterocycles. The second-order valence-corrected chi connectivity index (χ2v) is 8.15. The number of fused-ring (bicyclic) bond motifs is 1. The summed E-state index contributed by atoms with van der Waals surface area (Å²) in [6, 6.07) is 4.09. The molecule has 7 heteroatoms. The van der Waals surface area contributed by atoms with Crippen LogP contribution in [0, 0.1) is 11.7 Å². The highest BCUT2D eigenvalue weighted by molar-refractivity contribution is 7.17. The van der Waals surface area contributed by atoms with Gasteiger partial charge in [-0.1, -0.05) is 24.1 Å². The van der Waals surface area contributed by atoms with E-state index in [1.165, 1.54) is 29.5 Å². The smallest absolute Gasteiger partial charge is 0.260 e. The first-order valence-electron chi connectivity index (χ1n) is 8.54. The van der Waals surface area contributed by atoms with Gasteiger partial charge in [0.25, 0.3) is 5.91 Å². The van der Waals surface area contributed by atoms with E-state index in [1.54, 1.807) is 0 Å². The van der Waals surface area contributed by atoms with Crippen LogP contribution in [0.5, 0.6) is 0 Å². The molecule has 0 spiro atoms. The number of thiophene rings is 1. The Balaban J connectivity index is 1.72. The molecule has 0 radical (unpaired) electrons. The number of nitrogens with one attached hydrogen (secondary N) is 1. The minimum absolute atomic E-state index is 0.00537. The van der Waals surface area contributed by atoms with E-state index in [-0.39, 0.29) is 28.4 Å². The van der Waals surface area contributed by atoms with Crippen LogP contribution >= 0.6 is 22.9 Å². The third-order valence-electron chi connectivity index (χ3n) is 5.03. The van der Waals surface area contributed by atoms with Gasteiger partial charge in [0.15, 0.2) is 5.78 Å². The molecule has 4 nitrogen and oxygen atoms in total. The van der Waals surface area contributed by atoms with Crippen LogP contribution in [0.2, 0.25) is 5.02 Å². The lowest BCUT2D eigenvalue weighted by Crippen LogP contribution is -2.24. The second kappa shape index (κ2) is 6.76. The van der Waals surface area contributed by atoms with Crippen LogP contribution in [0.3, 0.4) is 0 Å². The molecule has 1 unspecified atom stereocenters. The first-order valence-corrected chi connectivity index (χ1v) is 9.73. The number of carbonyl (C=O) groups excluding carboxylic acids is 2. The molecule has 26 heavy (non-hydrogen) atoms. The van der Waals surface area contributed by atoms with Crippen molar-refractivity contribution >= 4 is 39.6 Å². The van der Waals surface area contributed by atoms with Crippen LogP contribution in [0.15, 0.2) is 18.2 Å². The Morgan fingerprint density at radius 3 is 2.73 bits per heavy atom. The number of amides is 1. The Bertz CT molecular complexity index is 886. The maximum Gasteiger partial charge on any atom is 0.260 e. The number of hydrogen-bond donors (Lipinski definition) is 1. The van der Waals surface area contributed by atoms with Crippen molar-refractivity contribution in [2.45, 2.75) is 38.9 Å². The van der Waals surface area contributed by atoms with Gasteiger partial charge in [0.1, 0.15) is 10.8 Å². The van der Waals surface area contributed by atoms with Crippen molar-refractivity contribution in [2.75, 3.05) is 5.32 Å². The molecular weight excluding hydrogens is 377 g/mol. The van der Waals surface area contributed by atoms with Crippen LogP contribution in [0.25, 0.3) is 0 Å². The number of ketones is 1. The van der Waals surface area contributed by atoms with Gasteiger partial charge in [0.2, 0.25) is 0 Å². The van der Waals surface area contributed by atoms with Crippen molar-refractivity contribution in [1.29, 1.82) is 0 Å². The zero-order valence-corrected chi connectivity index (χ0v) is 15.7. The normalized spacial score (nSPS) is 19.1. The SMILES string of the molecule is CC1OCc2sc(NC(=O)c3c(F)cccc3Cl)c(C(=O)C3CCC3)c21. The fraction of sp³-hybridized carbons (Fsp3) is 0.368. The van der Waals surface area contributed by atoms with E-state index in [9.17, 15) is 14.0 Å². The lowest BCUT2D eigenvalue weighted by atomic mass is 9.79. The Kier molecular flexibility index (Phi) is 4.59.